The van der Waals surface area contributed by atoms with Crippen LogP contribution in [0.2, 0.25) is 0 Å². The van der Waals surface area contributed by atoms with Crippen LogP contribution in [0.5, 0.6) is 23.3 Å². The molecule has 0 aromatic carbocycles. The average Bonchev–Trinajstić information content (AvgIpc) is 3.69. The molecular formula is C48H52N14O6. The van der Waals surface area contributed by atoms with Crippen molar-refractivity contribution in [2.45, 2.75) is 71.8 Å². The van der Waals surface area contributed by atoms with E-state index in [0.717, 1.165) is 91.6 Å². The molecule has 0 unspecified atom stereocenters. The fourth-order valence-corrected chi connectivity index (χ4v) is 8.39. The van der Waals surface area contributed by atoms with Crippen LogP contribution in [0, 0.1) is 20.8 Å². The number of amides is 2. The Labute approximate surface area is 392 Å². The van der Waals surface area contributed by atoms with Crippen molar-refractivity contribution in [3.05, 3.63) is 119 Å². The number of anilines is 2. The van der Waals surface area contributed by atoms with E-state index in [0.29, 0.717) is 40.4 Å². The number of hydrogen-bond acceptors (Lipinski definition) is 17. The fraction of sp³-hybridized carbons (Fsp3) is 0.354. The van der Waals surface area contributed by atoms with Gasteiger partial charge in [0.05, 0.1) is 56.8 Å². The maximum absolute atomic E-state index is 13.3. The van der Waals surface area contributed by atoms with Crippen LogP contribution in [0.25, 0.3) is 17.0 Å². The lowest BCUT2D eigenvalue weighted by atomic mass is 10.1. The van der Waals surface area contributed by atoms with Crippen molar-refractivity contribution in [1.29, 1.82) is 0 Å². The smallest absolute Gasteiger partial charge is 0.272 e. The molecule has 20 heteroatoms. The van der Waals surface area contributed by atoms with Crippen LogP contribution in [0.3, 0.4) is 0 Å². The Hall–Kier alpha value is -8.03. The molecule has 0 bridgehead atoms. The predicted molar refractivity (Wildman–Crippen MR) is 250 cm³/mol. The Morgan fingerprint density at radius 1 is 0.647 bits per heavy atom. The summed E-state index contributed by atoms with van der Waals surface area (Å²) in [6.07, 6.45) is 10.2. The molecule has 2 N–H and O–H groups in total. The quantitative estimate of drug-likeness (QED) is 0.137. The molecule has 9 rings (SSSR count). The lowest BCUT2D eigenvalue weighted by Crippen LogP contribution is -2.39. The Bertz CT molecular complexity index is 2900. The second kappa shape index (κ2) is 20.2. The number of rotatable bonds is 15. The van der Waals surface area contributed by atoms with Gasteiger partial charge in [0.15, 0.2) is 28.8 Å². The van der Waals surface area contributed by atoms with Crippen LogP contribution in [0.15, 0.2) is 79.4 Å². The number of carbonyl (C=O) groups excluding carboxylic acids is 2. The van der Waals surface area contributed by atoms with E-state index in [4.69, 9.17) is 28.9 Å². The maximum Gasteiger partial charge on any atom is 0.272 e. The summed E-state index contributed by atoms with van der Waals surface area (Å²) in [4.78, 5) is 53.3. The lowest BCUT2D eigenvalue weighted by molar-refractivity contribution is 0.0936. The number of piperidine rings is 2. The number of nitrogens with one attached hydrogen (secondary N) is 2. The first-order valence-corrected chi connectivity index (χ1v) is 22.5. The van der Waals surface area contributed by atoms with Crippen LogP contribution in [-0.4, -0.2) is 114 Å². The first-order valence-electron chi connectivity index (χ1n) is 22.5. The molecule has 0 atom stereocenters. The summed E-state index contributed by atoms with van der Waals surface area (Å²) < 4.78 is 24.5. The zero-order valence-electron chi connectivity index (χ0n) is 38.5. The fourth-order valence-electron chi connectivity index (χ4n) is 8.39. The lowest BCUT2D eigenvalue weighted by Gasteiger charge is -2.33. The van der Waals surface area contributed by atoms with Crippen molar-refractivity contribution in [2.24, 2.45) is 0 Å². The summed E-state index contributed by atoms with van der Waals surface area (Å²) in [6.45, 7) is 9.14. The molecule has 0 spiro atoms. The van der Waals surface area contributed by atoms with Gasteiger partial charge in [0.2, 0.25) is 11.8 Å². The van der Waals surface area contributed by atoms with Crippen LogP contribution in [0.1, 0.15) is 74.9 Å². The highest BCUT2D eigenvalue weighted by Gasteiger charge is 2.26. The molecule has 7 aromatic heterocycles. The number of hydrogen-bond donors (Lipinski definition) is 2. The number of carbonyl (C=O) groups is 2. The molecule has 0 saturated carbocycles. The molecule has 7 aromatic rings. The third kappa shape index (κ3) is 10.3. The van der Waals surface area contributed by atoms with E-state index in [1.165, 1.54) is 0 Å². The molecule has 2 amide bonds. The number of fused-ring (bicyclic) bond motifs is 1. The van der Waals surface area contributed by atoms with Crippen molar-refractivity contribution in [2.75, 3.05) is 50.2 Å². The van der Waals surface area contributed by atoms with Crippen molar-refractivity contribution in [3.63, 3.8) is 0 Å². The minimum absolute atomic E-state index is 0.0596. The van der Waals surface area contributed by atoms with Gasteiger partial charge in [-0.2, -0.15) is 0 Å². The summed E-state index contributed by atoms with van der Waals surface area (Å²) in [6, 6.07) is 16.3. The predicted octanol–water partition coefficient (Wildman–Crippen LogP) is 5.06. The van der Waals surface area contributed by atoms with E-state index in [1.54, 1.807) is 63.1 Å². The molecule has 0 aliphatic carbocycles. The highest BCUT2D eigenvalue weighted by atomic mass is 16.5. The highest BCUT2D eigenvalue weighted by molar-refractivity contribution is 5.93. The maximum atomic E-state index is 13.3. The normalized spacial score (nSPS) is 14.4. The largest absolute Gasteiger partial charge is 0.489 e. The van der Waals surface area contributed by atoms with Gasteiger partial charge in [-0.25, -0.2) is 24.9 Å². The summed E-state index contributed by atoms with van der Waals surface area (Å²) in [5, 5.41) is 23.4. The zero-order chi connectivity index (χ0) is 47.1. The number of pyridine rings is 3. The molecule has 350 valence electrons. The van der Waals surface area contributed by atoms with Gasteiger partial charge < -0.3 is 43.8 Å². The second-order valence-corrected chi connectivity index (χ2v) is 16.7. The van der Waals surface area contributed by atoms with Gasteiger partial charge in [-0.1, -0.05) is 0 Å². The summed E-state index contributed by atoms with van der Waals surface area (Å²) in [7, 11) is 3.16. The monoisotopic (exact) mass is 920 g/mol. The minimum Gasteiger partial charge on any atom is -0.489 e. The van der Waals surface area contributed by atoms with Gasteiger partial charge >= 0.3 is 0 Å². The van der Waals surface area contributed by atoms with Crippen molar-refractivity contribution < 1.29 is 28.5 Å². The van der Waals surface area contributed by atoms with Gasteiger partial charge in [-0.15, -0.1) is 20.4 Å². The van der Waals surface area contributed by atoms with E-state index in [-0.39, 0.29) is 48.5 Å². The van der Waals surface area contributed by atoms with Gasteiger partial charge in [0.1, 0.15) is 29.4 Å². The average molecular weight is 921 g/mol. The zero-order valence-corrected chi connectivity index (χ0v) is 38.5. The Kier molecular flexibility index (Phi) is 13.4. The summed E-state index contributed by atoms with van der Waals surface area (Å²) in [5.74, 6) is 3.79. The summed E-state index contributed by atoms with van der Waals surface area (Å²) in [5.41, 5.74) is 5.79. The molecular weight excluding hydrogens is 869 g/mol. The molecule has 20 nitrogen and oxygen atoms in total. The second-order valence-electron chi connectivity index (χ2n) is 16.7. The summed E-state index contributed by atoms with van der Waals surface area (Å²) >= 11 is 0. The van der Waals surface area contributed by atoms with Gasteiger partial charge in [0, 0.05) is 82.0 Å². The SMILES string of the molecule is COc1ccc(OC2CCN(c3nnc(C(=O)NCc4ccnc(-c5ccn6c(CNC(=O)c7cc(C)c(N8CCC(Oc9ccc(OC)nc9)CC8)nn7)c(C)nc6c5)n4)cc3C)CC2)cn1. The molecule has 2 saturated heterocycles. The molecule has 2 aliphatic heterocycles. The van der Waals surface area contributed by atoms with E-state index < -0.39 is 0 Å². The topological polar surface area (TPSA) is 222 Å². The van der Waals surface area contributed by atoms with Crippen LogP contribution < -0.4 is 39.4 Å². The first kappa shape index (κ1) is 45.1. The number of methoxy groups -OCH3 is 2. The molecule has 68 heavy (non-hydrogen) atoms. The van der Waals surface area contributed by atoms with Crippen molar-refractivity contribution in [3.8, 4) is 34.6 Å². The molecule has 0 radical (unpaired) electrons. The van der Waals surface area contributed by atoms with E-state index in [9.17, 15) is 9.59 Å². The van der Waals surface area contributed by atoms with Crippen LogP contribution in [-0.2, 0) is 13.1 Å². The Balaban J connectivity index is 0.757. The van der Waals surface area contributed by atoms with E-state index in [1.807, 2.05) is 55.6 Å². The van der Waals surface area contributed by atoms with Crippen LogP contribution in [0.4, 0.5) is 11.6 Å². The van der Waals surface area contributed by atoms with Crippen molar-refractivity contribution in [1.82, 2.24) is 60.3 Å². The Morgan fingerprint density at radius 2 is 1.19 bits per heavy atom. The van der Waals surface area contributed by atoms with Gasteiger partial charge in [0.25, 0.3) is 11.8 Å². The molecule has 9 heterocycles. The number of ether oxygens (including phenoxy) is 4. The minimum atomic E-state index is -0.358. The number of aryl methyl sites for hydroxylation is 3. The van der Waals surface area contributed by atoms with Crippen LogP contribution >= 0.6 is 0 Å². The third-order valence-electron chi connectivity index (χ3n) is 12.1. The van der Waals surface area contributed by atoms with E-state index >= 15 is 0 Å². The van der Waals surface area contributed by atoms with E-state index in [2.05, 4.69) is 55.8 Å². The molecule has 2 aliphatic rings. The van der Waals surface area contributed by atoms with Gasteiger partial charge in [-0.05, 0) is 74.4 Å². The Morgan fingerprint density at radius 3 is 1.69 bits per heavy atom. The molecule has 2 fully saturated rings. The number of aromatic nitrogens is 10. The first-order chi connectivity index (χ1) is 33.1. The van der Waals surface area contributed by atoms with Crippen molar-refractivity contribution >= 4 is 29.1 Å². The standard InChI is InChI=1S/C48H52N14O6/c1-29-22-38(56-58-45(29)60-17-12-34(13-18-60)67-36-6-8-42(65-4)50-26-36)47(63)52-25-33-10-16-49-44(55-33)32-11-21-62-40(31(3)54-41(62)24-32)28-53-48(64)39-23-30(2)46(59-57-39)61-19-14-35(15-20-61)68-37-7-9-43(66-5)51-27-37/h6-11,16,21-24,26-27,34-35H,12-15,17-20,25,28H2,1-5H3,(H,52,63)(H,53,64). The number of imidazole rings is 1. The number of nitrogens with zero attached hydrogens (tertiary/aromatic N) is 12. The highest BCUT2D eigenvalue weighted by Crippen LogP contribution is 2.27. The third-order valence-corrected chi connectivity index (χ3v) is 12.1. The van der Waals surface area contributed by atoms with Gasteiger partial charge in [-0.3, -0.25) is 9.59 Å².